The van der Waals surface area contributed by atoms with E-state index >= 15 is 0 Å². The molecule has 1 amide bonds. The number of hydrogen-bond donors (Lipinski definition) is 1. The van der Waals surface area contributed by atoms with Gasteiger partial charge in [-0.25, -0.2) is 0 Å². The molecule has 3 nitrogen and oxygen atoms in total. The molecule has 1 aliphatic carbocycles. The van der Waals surface area contributed by atoms with E-state index in [1.165, 1.54) is 13.5 Å². The van der Waals surface area contributed by atoms with Gasteiger partial charge < -0.3 is 10.1 Å². The molecule has 1 aliphatic rings. The fraction of sp³-hybridized carbons (Fsp3) is 0.533. The Hall–Kier alpha value is -0.930. The third-order valence-corrected chi connectivity index (χ3v) is 4.60. The molecule has 5 heteroatoms. The zero-order valence-corrected chi connectivity index (χ0v) is 13.1. The van der Waals surface area contributed by atoms with Crippen molar-refractivity contribution in [3.63, 3.8) is 0 Å². The van der Waals surface area contributed by atoms with Crippen molar-refractivity contribution in [3.05, 3.63) is 28.8 Å². The summed E-state index contributed by atoms with van der Waals surface area (Å²) in [6.07, 6.45) is 5.24. The van der Waals surface area contributed by atoms with Gasteiger partial charge in [-0.05, 0) is 31.0 Å². The highest BCUT2D eigenvalue weighted by Gasteiger charge is 2.33. The number of halogens is 2. The molecule has 0 bridgehead atoms. The normalized spacial score (nSPS) is 17.6. The predicted molar refractivity (Wildman–Crippen MR) is 82.0 cm³/mol. The van der Waals surface area contributed by atoms with Crippen LogP contribution in [0.15, 0.2) is 18.2 Å². The first-order valence-corrected chi connectivity index (χ1v) is 7.73. The molecule has 0 spiro atoms. The Labute approximate surface area is 129 Å². The van der Waals surface area contributed by atoms with Crippen molar-refractivity contribution in [2.45, 2.75) is 37.6 Å². The summed E-state index contributed by atoms with van der Waals surface area (Å²) in [7, 11) is 1.54. The number of carbonyl (C=O) groups is 1. The van der Waals surface area contributed by atoms with E-state index in [9.17, 15) is 4.79 Å². The van der Waals surface area contributed by atoms with Gasteiger partial charge in [0.15, 0.2) is 0 Å². The first-order chi connectivity index (χ1) is 9.60. The standard InChI is InChI=1S/C15H19Cl2NO2/c1-20-13-6-5-11(17)9-12(13)14(19)18-15(10-16)7-3-2-4-8-15/h5-6,9H,2-4,7-8,10H2,1H3,(H,18,19). The maximum atomic E-state index is 12.5. The quantitative estimate of drug-likeness (QED) is 0.852. The van der Waals surface area contributed by atoms with E-state index in [2.05, 4.69) is 5.32 Å². The van der Waals surface area contributed by atoms with Crippen LogP contribution < -0.4 is 10.1 Å². The van der Waals surface area contributed by atoms with Crippen LogP contribution in [0.1, 0.15) is 42.5 Å². The van der Waals surface area contributed by atoms with Crippen molar-refractivity contribution in [2.24, 2.45) is 0 Å². The smallest absolute Gasteiger partial charge is 0.255 e. The lowest BCUT2D eigenvalue weighted by molar-refractivity contribution is 0.0881. The molecule has 0 aliphatic heterocycles. The second-order valence-electron chi connectivity index (χ2n) is 5.27. The summed E-state index contributed by atoms with van der Waals surface area (Å²) in [5, 5.41) is 3.60. The Morgan fingerprint density at radius 3 is 2.65 bits per heavy atom. The Kier molecular flexibility index (Phi) is 5.17. The summed E-state index contributed by atoms with van der Waals surface area (Å²) in [6, 6.07) is 5.03. The van der Waals surface area contributed by atoms with Gasteiger partial charge in [-0.3, -0.25) is 4.79 Å². The molecule has 0 saturated heterocycles. The number of ether oxygens (including phenoxy) is 1. The minimum absolute atomic E-state index is 0.174. The van der Waals surface area contributed by atoms with Crippen LogP contribution in [0.2, 0.25) is 5.02 Å². The minimum Gasteiger partial charge on any atom is -0.496 e. The van der Waals surface area contributed by atoms with Crippen LogP contribution in [0, 0.1) is 0 Å². The van der Waals surface area contributed by atoms with E-state index in [1.54, 1.807) is 18.2 Å². The third-order valence-electron chi connectivity index (χ3n) is 3.85. The molecule has 20 heavy (non-hydrogen) atoms. The van der Waals surface area contributed by atoms with Gasteiger partial charge in [0.1, 0.15) is 5.75 Å². The average molecular weight is 316 g/mol. The molecular formula is C15H19Cl2NO2. The topological polar surface area (TPSA) is 38.3 Å². The van der Waals surface area contributed by atoms with Crippen molar-refractivity contribution >= 4 is 29.1 Å². The SMILES string of the molecule is COc1ccc(Cl)cc1C(=O)NC1(CCl)CCCCC1. The van der Waals surface area contributed by atoms with Gasteiger partial charge in [0, 0.05) is 10.9 Å². The molecule has 0 heterocycles. The van der Waals surface area contributed by atoms with Gasteiger partial charge >= 0.3 is 0 Å². The number of hydrogen-bond acceptors (Lipinski definition) is 2. The maximum Gasteiger partial charge on any atom is 0.255 e. The number of rotatable bonds is 4. The highest BCUT2D eigenvalue weighted by molar-refractivity contribution is 6.31. The summed E-state index contributed by atoms with van der Waals surface area (Å²) in [5.41, 5.74) is 0.152. The van der Waals surface area contributed by atoms with Crippen molar-refractivity contribution in [2.75, 3.05) is 13.0 Å². The molecule has 2 rings (SSSR count). The minimum atomic E-state index is -0.301. The first-order valence-electron chi connectivity index (χ1n) is 6.82. The first kappa shape index (κ1) is 15.5. The van der Waals surface area contributed by atoms with E-state index in [0.29, 0.717) is 22.2 Å². The lowest BCUT2D eigenvalue weighted by atomic mass is 9.83. The van der Waals surface area contributed by atoms with Gasteiger partial charge in [0.25, 0.3) is 5.91 Å². The fourth-order valence-electron chi connectivity index (χ4n) is 2.69. The third kappa shape index (κ3) is 3.39. The van der Waals surface area contributed by atoms with E-state index in [0.717, 1.165) is 25.7 Å². The van der Waals surface area contributed by atoms with Crippen molar-refractivity contribution in [3.8, 4) is 5.75 Å². The highest BCUT2D eigenvalue weighted by atomic mass is 35.5. The second kappa shape index (κ2) is 6.68. The second-order valence-corrected chi connectivity index (χ2v) is 5.98. The Morgan fingerprint density at radius 2 is 2.05 bits per heavy atom. The number of methoxy groups -OCH3 is 1. The lowest BCUT2D eigenvalue weighted by Gasteiger charge is -2.36. The predicted octanol–water partition coefficient (Wildman–Crippen LogP) is 4.02. The van der Waals surface area contributed by atoms with Gasteiger partial charge in [-0.1, -0.05) is 30.9 Å². The van der Waals surface area contributed by atoms with Gasteiger partial charge in [-0.2, -0.15) is 0 Å². The fourth-order valence-corrected chi connectivity index (χ4v) is 3.19. The van der Waals surface area contributed by atoms with Crippen LogP contribution >= 0.6 is 23.2 Å². The van der Waals surface area contributed by atoms with Crippen LogP contribution in [-0.2, 0) is 0 Å². The van der Waals surface area contributed by atoms with Crippen LogP contribution in [0.25, 0.3) is 0 Å². The molecule has 1 fully saturated rings. The molecule has 1 aromatic rings. The zero-order chi connectivity index (χ0) is 14.6. The Morgan fingerprint density at radius 1 is 1.35 bits per heavy atom. The number of carbonyl (C=O) groups excluding carboxylic acids is 1. The summed E-state index contributed by atoms with van der Waals surface area (Å²) in [4.78, 5) is 12.5. The molecule has 0 aromatic heterocycles. The number of benzene rings is 1. The van der Waals surface area contributed by atoms with Gasteiger partial charge in [0.05, 0.1) is 18.2 Å². The van der Waals surface area contributed by atoms with E-state index in [-0.39, 0.29) is 11.4 Å². The highest BCUT2D eigenvalue weighted by Crippen LogP contribution is 2.31. The zero-order valence-electron chi connectivity index (χ0n) is 11.5. The average Bonchev–Trinajstić information content (AvgIpc) is 2.48. The molecule has 0 atom stereocenters. The maximum absolute atomic E-state index is 12.5. The van der Waals surface area contributed by atoms with E-state index < -0.39 is 0 Å². The van der Waals surface area contributed by atoms with E-state index in [1.807, 2.05) is 0 Å². The molecule has 0 unspecified atom stereocenters. The van der Waals surface area contributed by atoms with Crippen LogP contribution in [0.3, 0.4) is 0 Å². The van der Waals surface area contributed by atoms with E-state index in [4.69, 9.17) is 27.9 Å². The molecule has 1 N–H and O–H groups in total. The number of nitrogens with one attached hydrogen (secondary N) is 1. The van der Waals surface area contributed by atoms with Crippen molar-refractivity contribution < 1.29 is 9.53 Å². The van der Waals surface area contributed by atoms with Crippen LogP contribution in [0.5, 0.6) is 5.75 Å². The van der Waals surface area contributed by atoms with Crippen LogP contribution in [0.4, 0.5) is 0 Å². The van der Waals surface area contributed by atoms with Crippen LogP contribution in [-0.4, -0.2) is 24.4 Å². The summed E-state index contributed by atoms with van der Waals surface area (Å²) in [5.74, 6) is 0.779. The van der Waals surface area contributed by atoms with Crippen molar-refractivity contribution in [1.29, 1.82) is 0 Å². The molecular weight excluding hydrogens is 297 g/mol. The molecule has 110 valence electrons. The summed E-state index contributed by atoms with van der Waals surface area (Å²) >= 11 is 12.1. The van der Waals surface area contributed by atoms with Gasteiger partial charge in [-0.15, -0.1) is 11.6 Å². The summed E-state index contributed by atoms with van der Waals surface area (Å²) < 4.78 is 5.22. The van der Waals surface area contributed by atoms with Crippen molar-refractivity contribution in [1.82, 2.24) is 5.32 Å². The number of alkyl halides is 1. The Bertz CT molecular complexity index is 485. The number of amides is 1. The lowest BCUT2D eigenvalue weighted by Crippen LogP contribution is -2.51. The molecule has 1 aromatic carbocycles. The monoisotopic (exact) mass is 315 g/mol. The summed E-state index contributed by atoms with van der Waals surface area (Å²) in [6.45, 7) is 0. The molecule has 1 saturated carbocycles. The largest absolute Gasteiger partial charge is 0.496 e. The molecule has 0 radical (unpaired) electrons. The van der Waals surface area contributed by atoms with Gasteiger partial charge in [0.2, 0.25) is 0 Å². The Balaban J connectivity index is 2.20.